The molecule has 1 N–H and O–H groups in total. The van der Waals surface area contributed by atoms with E-state index in [2.05, 4.69) is 28.3 Å². The molecule has 0 radical (unpaired) electrons. The third kappa shape index (κ3) is 4.06. The molecule has 1 unspecified atom stereocenters. The molecule has 1 aliphatic rings. The van der Waals surface area contributed by atoms with Crippen molar-refractivity contribution in [1.29, 1.82) is 0 Å². The Balaban J connectivity index is 1.28. The van der Waals surface area contributed by atoms with Crippen molar-refractivity contribution in [1.82, 2.24) is 9.97 Å². The van der Waals surface area contributed by atoms with Crippen LogP contribution in [-0.4, -0.2) is 26.6 Å². The standard InChI is InChI=1S/C24H20N4O2S2/c1-16-5-10-22-18(14-16)11-13-28(22)32(30)19-8-6-17(7-9-19)23(29)27-24-26-21(15-31-24)20-4-2-3-12-25-20/h2-10,12,14-15H,11,13H2,1H3,(H,26,27,29). The molecule has 0 saturated heterocycles. The molecule has 1 aliphatic heterocycles. The predicted octanol–water partition coefficient (Wildman–Crippen LogP) is 4.85. The first kappa shape index (κ1) is 20.5. The van der Waals surface area contributed by atoms with Gasteiger partial charge in [0.15, 0.2) is 16.1 Å². The van der Waals surface area contributed by atoms with Gasteiger partial charge in [0.05, 0.1) is 16.3 Å². The number of thiazole rings is 1. The van der Waals surface area contributed by atoms with Crippen LogP contribution in [0.1, 0.15) is 21.5 Å². The fourth-order valence-electron chi connectivity index (χ4n) is 3.65. The molecule has 8 heteroatoms. The molecular formula is C24H20N4O2S2. The van der Waals surface area contributed by atoms with Gasteiger partial charge in [0, 0.05) is 23.7 Å². The van der Waals surface area contributed by atoms with Gasteiger partial charge in [-0.1, -0.05) is 23.8 Å². The van der Waals surface area contributed by atoms with Crippen LogP contribution in [0.4, 0.5) is 10.8 Å². The lowest BCUT2D eigenvalue weighted by Gasteiger charge is -2.18. The van der Waals surface area contributed by atoms with Crippen molar-refractivity contribution in [3.63, 3.8) is 0 Å². The first-order chi connectivity index (χ1) is 15.6. The predicted molar refractivity (Wildman–Crippen MR) is 128 cm³/mol. The largest absolute Gasteiger partial charge is 0.298 e. The number of aromatic nitrogens is 2. The van der Waals surface area contributed by atoms with Gasteiger partial charge in [-0.25, -0.2) is 9.19 Å². The van der Waals surface area contributed by atoms with Gasteiger partial charge in [0.2, 0.25) is 0 Å². The fourth-order valence-corrected chi connectivity index (χ4v) is 5.59. The van der Waals surface area contributed by atoms with E-state index in [-0.39, 0.29) is 5.91 Å². The molecule has 32 heavy (non-hydrogen) atoms. The summed E-state index contributed by atoms with van der Waals surface area (Å²) < 4.78 is 15.0. The number of rotatable bonds is 5. The van der Waals surface area contributed by atoms with E-state index < -0.39 is 11.0 Å². The summed E-state index contributed by atoms with van der Waals surface area (Å²) in [5, 5.41) is 5.19. The van der Waals surface area contributed by atoms with Gasteiger partial charge in [-0.3, -0.25) is 19.4 Å². The fraction of sp³-hybridized carbons (Fsp3) is 0.125. The maximum atomic E-state index is 13.1. The average molecular weight is 461 g/mol. The normalized spacial score (nSPS) is 13.6. The number of nitrogens with zero attached hydrogens (tertiary/aromatic N) is 3. The second-order valence-electron chi connectivity index (χ2n) is 7.46. The van der Waals surface area contributed by atoms with Crippen LogP contribution in [-0.2, 0) is 17.4 Å². The van der Waals surface area contributed by atoms with E-state index in [1.165, 1.54) is 22.5 Å². The van der Waals surface area contributed by atoms with Gasteiger partial charge in [0.25, 0.3) is 5.91 Å². The summed E-state index contributed by atoms with van der Waals surface area (Å²) in [4.78, 5) is 22.0. The molecule has 5 rings (SSSR count). The summed E-state index contributed by atoms with van der Waals surface area (Å²) in [6.07, 6.45) is 2.59. The van der Waals surface area contributed by atoms with Crippen LogP contribution in [0.15, 0.2) is 77.1 Å². The minimum atomic E-state index is -1.32. The Morgan fingerprint density at radius 1 is 1.09 bits per heavy atom. The quantitative estimate of drug-likeness (QED) is 0.462. The number of anilines is 2. The number of aryl methyl sites for hydroxylation is 1. The van der Waals surface area contributed by atoms with Crippen molar-refractivity contribution in [3.8, 4) is 11.4 Å². The maximum absolute atomic E-state index is 13.1. The van der Waals surface area contributed by atoms with Crippen molar-refractivity contribution in [2.45, 2.75) is 18.2 Å². The molecule has 1 atom stereocenters. The van der Waals surface area contributed by atoms with E-state index in [0.717, 1.165) is 30.0 Å². The first-order valence-electron chi connectivity index (χ1n) is 10.2. The van der Waals surface area contributed by atoms with Crippen molar-refractivity contribution in [2.24, 2.45) is 0 Å². The van der Waals surface area contributed by atoms with Crippen LogP contribution in [0.3, 0.4) is 0 Å². The summed E-state index contributed by atoms with van der Waals surface area (Å²) in [6, 6.07) is 18.7. The molecule has 4 aromatic rings. The third-order valence-corrected chi connectivity index (χ3v) is 7.47. The van der Waals surface area contributed by atoms with Crippen molar-refractivity contribution in [3.05, 3.63) is 88.9 Å². The summed E-state index contributed by atoms with van der Waals surface area (Å²) in [5.41, 5.74) is 5.41. The van der Waals surface area contributed by atoms with Crippen molar-refractivity contribution in [2.75, 3.05) is 16.2 Å². The Morgan fingerprint density at radius 2 is 1.94 bits per heavy atom. The highest BCUT2D eigenvalue weighted by Gasteiger charge is 2.24. The van der Waals surface area contributed by atoms with Crippen LogP contribution in [0, 0.1) is 6.92 Å². The minimum Gasteiger partial charge on any atom is -0.298 e. The van der Waals surface area contributed by atoms with Crippen LogP contribution < -0.4 is 9.62 Å². The van der Waals surface area contributed by atoms with Crippen LogP contribution in [0.2, 0.25) is 0 Å². The molecule has 0 saturated carbocycles. The third-order valence-electron chi connectivity index (χ3n) is 5.26. The molecule has 0 aliphatic carbocycles. The molecule has 2 aromatic carbocycles. The first-order valence-corrected chi connectivity index (χ1v) is 12.1. The topological polar surface area (TPSA) is 75.2 Å². The van der Waals surface area contributed by atoms with E-state index in [1.807, 2.05) is 40.0 Å². The SMILES string of the molecule is Cc1ccc2c(c1)CCN2S(=O)c1ccc(C(=O)Nc2nc(-c3ccccn3)cs2)cc1. The van der Waals surface area contributed by atoms with E-state index >= 15 is 0 Å². The Kier molecular flexibility index (Phi) is 5.55. The maximum Gasteiger partial charge on any atom is 0.257 e. The second-order valence-corrected chi connectivity index (χ2v) is 9.73. The van der Waals surface area contributed by atoms with Crippen molar-refractivity contribution < 1.29 is 9.00 Å². The number of benzene rings is 2. The molecule has 1 amide bonds. The molecule has 0 fully saturated rings. The molecule has 6 nitrogen and oxygen atoms in total. The summed E-state index contributed by atoms with van der Waals surface area (Å²) >= 11 is 1.35. The van der Waals surface area contributed by atoms with Crippen molar-refractivity contribution >= 4 is 39.0 Å². The van der Waals surface area contributed by atoms with Crippen LogP contribution in [0.25, 0.3) is 11.4 Å². The van der Waals surface area contributed by atoms with Gasteiger partial charge < -0.3 is 0 Å². The van der Waals surface area contributed by atoms with Gasteiger partial charge in [-0.2, -0.15) is 0 Å². The summed E-state index contributed by atoms with van der Waals surface area (Å²) in [5.74, 6) is -0.258. The lowest BCUT2D eigenvalue weighted by molar-refractivity contribution is 0.102. The van der Waals surface area contributed by atoms with Gasteiger partial charge in [-0.15, -0.1) is 11.3 Å². The lowest BCUT2D eigenvalue weighted by Crippen LogP contribution is -2.23. The average Bonchev–Trinajstić information content (AvgIpc) is 3.46. The highest BCUT2D eigenvalue weighted by Crippen LogP contribution is 2.32. The van der Waals surface area contributed by atoms with E-state index in [0.29, 0.717) is 15.6 Å². The molecule has 3 heterocycles. The number of fused-ring (bicyclic) bond motifs is 1. The molecular weight excluding hydrogens is 440 g/mol. The summed E-state index contributed by atoms with van der Waals surface area (Å²) in [7, 11) is -1.32. The Hall–Kier alpha value is -3.36. The molecule has 0 bridgehead atoms. The minimum absolute atomic E-state index is 0.258. The zero-order valence-corrected chi connectivity index (χ0v) is 19.0. The number of carbonyl (C=O) groups excluding carboxylic acids is 1. The number of pyridine rings is 1. The van der Waals surface area contributed by atoms with Crippen LogP contribution in [0.5, 0.6) is 0 Å². The molecule has 2 aromatic heterocycles. The van der Waals surface area contributed by atoms with E-state index in [1.54, 1.807) is 30.5 Å². The van der Waals surface area contributed by atoms with Gasteiger partial charge in [0.1, 0.15) is 5.69 Å². The van der Waals surface area contributed by atoms with Crippen LogP contribution >= 0.6 is 11.3 Å². The van der Waals surface area contributed by atoms with E-state index in [4.69, 9.17) is 0 Å². The van der Waals surface area contributed by atoms with E-state index in [9.17, 15) is 9.00 Å². The zero-order chi connectivity index (χ0) is 22.1. The zero-order valence-electron chi connectivity index (χ0n) is 17.3. The second kappa shape index (κ2) is 8.64. The number of carbonyl (C=O) groups is 1. The monoisotopic (exact) mass is 460 g/mol. The number of amides is 1. The number of hydrogen-bond donors (Lipinski definition) is 1. The highest BCUT2D eigenvalue weighted by molar-refractivity contribution is 7.86. The lowest BCUT2D eigenvalue weighted by atomic mass is 10.1. The Labute approximate surface area is 192 Å². The number of nitrogens with one attached hydrogen (secondary N) is 1. The van der Waals surface area contributed by atoms with Gasteiger partial charge in [-0.05, 0) is 61.4 Å². The number of hydrogen-bond acceptors (Lipinski definition) is 5. The molecule has 160 valence electrons. The Morgan fingerprint density at radius 3 is 2.72 bits per heavy atom. The summed E-state index contributed by atoms with van der Waals surface area (Å²) in [6.45, 7) is 2.78. The Bertz CT molecular complexity index is 1300. The smallest absolute Gasteiger partial charge is 0.257 e. The highest BCUT2D eigenvalue weighted by atomic mass is 32.2. The molecule has 0 spiro atoms. The van der Waals surface area contributed by atoms with Gasteiger partial charge >= 0.3 is 0 Å².